The maximum Gasteiger partial charge on any atom is 0.412 e. The predicted molar refractivity (Wildman–Crippen MR) is 80.0 cm³/mol. The topological polar surface area (TPSA) is 64.1 Å². The standard InChI is InChI=1S/C16H19N3O2/c1-16(2,3)14-12(9-17-11-19-14)10-18-15(20)21-13-7-5-4-6-8-13/h4-9,11H,10H2,1-3H3,(H,18,20). The molecular weight excluding hydrogens is 266 g/mol. The van der Waals surface area contributed by atoms with E-state index in [2.05, 4.69) is 36.1 Å². The molecule has 0 saturated carbocycles. The van der Waals surface area contributed by atoms with Crippen LogP contribution in [0.15, 0.2) is 42.9 Å². The summed E-state index contributed by atoms with van der Waals surface area (Å²) >= 11 is 0. The molecule has 0 bridgehead atoms. The maximum absolute atomic E-state index is 11.8. The normalized spacial score (nSPS) is 11.0. The van der Waals surface area contributed by atoms with Gasteiger partial charge in [-0.25, -0.2) is 14.8 Å². The zero-order chi connectivity index (χ0) is 15.3. The van der Waals surface area contributed by atoms with Crippen molar-refractivity contribution in [3.8, 4) is 5.75 Å². The van der Waals surface area contributed by atoms with Crippen molar-refractivity contribution in [1.29, 1.82) is 0 Å². The van der Waals surface area contributed by atoms with Crippen LogP contribution < -0.4 is 10.1 Å². The van der Waals surface area contributed by atoms with Crippen LogP contribution >= 0.6 is 0 Å². The Bertz CT molecular complexity index is 606. The van der Waals surface area contributed by atoms with Gasteiger partial charge in [0.2, 0.25) is 0 Å². The molecular formula is C16H19N3O2. The van der Waals surface area contributed by atoms with E-state index < -0.39 is 6.09 Å². The molecule has 5 nitrogen and oxygen atoms in total. The highest BCUT2D eigenvalue weighted by atomic mass is 16.5. The first-order valence-electron chi connectivity index (χ1n) is 6.77. The van der Waals surface area contributed by atoms with Crippen LogP contribution in [0.4, 0.5) is 4.79 Å². The number of carbonyl (C=O) groups is 1. The van der Waals surface area contributed by atoms with E-state index in [0.29, 0.717) is 12.3 Å². The summed E-state index contributed by atoms with van der Waals surface area (Å²) in [4.78, 5) is 20.1. The molecule has 5 heteroatoms. The second-order valence-electron chi connectivity index (χ2n) is 5.70. The van der Waals surface area contributed by atoms with Crippen molar-refractivity contribution in [1.82, 2.24) is 15.3 Å². The van der Waals surface area contributed by atoms with Crippen LogP contribution in [-0.4, -0.2) is 16.1 Å². The minimum Gasteiger partial charge on any atom is -0.410 e. The number of carbonyl (C=O) groups excluding carboxylic acids is 1. The molecule has 1 aromatic heterocycles. The summed E-state index contributed by atoms with van der Waals surface area (Å²) in [5.41, 5.74) is 1.69. The molecule has 0 aliphatic rings. The minimum absolute atomic E-state index is 0.108. The van der Waals surface area contributed by atoms with Crippen molar-refractivity contribution in [2.45, 2.75) is 32.7 Å². The molecule has 0 fully saturated rings. The number of ether oxygens (including phenoxy) is 1. The van der Waals surface area contributed by atoms with E-state index in [-0.39, 0.29) is 5.41 Å². The molecule has 0 radical (unpaired) electrons. The van der Waals surface area contributed by atoms with Crippen molar-refractivity contribution in [3.63, 3.8) is 0 Å². The number of hydrogen-bond donors (Lipinski definition) is 1. The summed E-state index contributed by atoms with van der Waals surface area (Å²) < 4.78 is 5.17. The second kappa shape index (κ2) is 6.35. The van der Waals surface area contributed by atoms with E-state index in [4.69, 9.17) is 4.74 Å². The van der Waals surface area contributed by atoms with Crippen molar-refractivity contribution in [2.75, 3.05) is 0 Å². The van der Waals surface area contributed by atoms with Gasteiger partial charge >= 0.3 is 6.09 Å². The molecule has 1 heterocycles. The largest absolute Gasteiger partial charge is 0.412 e. The fourth-order valence-corrected chi connectivity index (χ4v) is 1.96. The van der Waals surface area contributed by atoms with Gasteiger partial charge in [-0.15, -0.1) is 0 Å². The van der Waals surface area contributed by atoms with Crippen LogP contribution in [0.3, 0.4) is 0 Å². The molecule has 0 saturated heterocycles. The molecule has 2 aromatic rings. The van der Waals surface area contributed by atoms with E-state index in [1.807, 2.05) is 18.2 Å². The molecule has 0 atom stereocenters. The van der Waals surface area contributed by atoms with Crippen LogP contribution in [0.2, 0.25) is 0 Å². The lowest BCUT2D eigenvalue weighted by Crippen LogP contribution is -2.28. The van der Waals surface area contributed by atoms with Gasteiger partial charge in [0.25, 0.3) is 0 Å². The summed E-state index contributed by atoms with van der Waals surface area (Å²) in [5, 5.41) is 2.72. The average molecular weight is 285 g/mol. The van der Waals surface area contributed by atoms with E-state index in [1.54, 1.807) is 18.3 Å². The van der Waals surface area contributed by atoms with Gasteiger partial charge in [-0.1, -0.05) is 39.0 Å². The summed E-state index contributed by atoms with van der Waals surface area (Å²) in [6.07, 6.45) is 2.74. The Labute approximate surface area is 124 Å². The fraction of sp³-hybridized carbons (Fsp3) is 0.312. The Balaban J connectivity index is 1.99. The number of para-hydroxylation sites is 1. The molecule has 0 unspecified atom stereocenters. The highest BCUT2D eigenvalue weighted by Crippen LogP contribution is 2.22. The highest BCUT2D eigenvalue weighted by Gasteiger charge is 2.20. The number of rotatable bonds is 3. The maximum atomic E-state index is 11.8. The van der Waals surface area contributed by atoms with Crippen LogP contribution in [0, 0.1) is 0 Å². The Morgan fingerprint density at radius 2 is 1.95 bits per heavy atom. The van der Waals surface area contributed by atoms with Crippen molar-refractivity contribution in [3.05, 3.63) is 54.1 Å². The SMILES string of the molecule is CC(C)(C)c1ncncc1CNC(=O)Oc1ccccc1. The van der Waals surface area contributed by atoms with Crippen LogP contribution in [0.5, 0.6) is 5.75 Å². The monoisotopic (exact) mass is 285 g/mol. The lowest BCUT2D eigenvalue weighted by atomic mass is 9.89. The number of benzene rings is 1. The number of nitrogens with one attached hydrogen (secondary N) is 1. The highest BCUT2D eigenvalue weighted by molar-refractivity contribution is 5.70. The Kier molecular flexibility index (Phi) is 4.52. The minimum atomic E-state index is -0.495. The van der Waals surface area contributed by atoms with Crippen LogP contribution in [0.1, 0.15) is 32.0 Å². The van der Waals surface area contributed by atoms with Crippen LogP contribution in [0.25, 0.3) is 0 Å². The molecule has 1 amide bonds. The smallest absolute Gasteiger partial charge is 0.410 e. The molecule has 2 rings (SSSR count). The molecule has 0 spiro atoms. The van der Waals surface area contributed by atoms with E-state index in [0.717, 1.165) is 11.3 Å². The first-order valence-corrected chi connectivity index (χ1v) is 6.77. The molecule has 1 aromatic carbocycles. The molecule has 110 valence electrons. The van der Waals surface area contributed by atoms with E-state index >= 15 is 0 Å². The lowest BCUT2D eigenvalue weighted by Gasteiger charge is -2.20. The second-order valence-corrected chi connectivity index (χ2v) is 5.70. The third-order valence-corrected chi connectivity index (χ3v) is 2.88. The van der Waals surface area contributed by atoms with Gasteiger partial charge in [0.1, 0.15) is 12.1 Å². The molecule has 0 aliphatic heterocycles. The zero-order valence-corrected chi connectivity index (χ0v) is 12.5. The average Bonchev–Trinajstić information content (AvgIpc) is 2.45. The molecule has 0 aliphatic carbocycles. The first-order chi connectivity index (χ1) is 9.97. The third kappa shape index (κ3) is 4.27. The quantitative estimate of drug-likeness (QED) is 0.941. The number of nitrogens with zero attached hydrogens (tertiary/aromatic N) is 2. The van der Waals surface area contributed by atoms with E-state index in [1.165, 1.54) is 6.33 Å². The van der Waals surface area contributed by atoms with Crippen molar-refractivity contribution >= 4 is 6.09 Å². The first kappa shape index (κ1) is 15.0. The lowest BCUT2D eigenvalue weighted by molar-refractivity contribution is 0.200. The number of amides is 1. The number of hydrogen-bond acceptors (Lipinski definition) is 4. The van der Waals surface area contributed by atoms with Gasteiger partial charge in [-0.05, 0) is 12.1 Å². The number of aromatic nitrogens is 2. The Morgan fingerprint density at radius 3 is 2.62 bits per heavy atom. The predicted octanol–water partition coefficient (Wildman–Crippen LogP) is 3.06. The summed E-state index contributed by atoms with van der Waals surface area (Å²) in [6, 6.07) is 8.94. The third-order valence-electron chi connectivity index (χ3n) is 2.88. The Morgan fingerprint density at radius 1 is 1.24 bits per heavy atom. The van der Waals surface area contributed by atoms with Gasteiger partial charge in [-0.2, -0.15) is 0 Å². The van der Waals surface area contributed by atoms with Gasteiger partial charge in [0, 0.05) is 23.7 Å². The summed E-state index contributed by atoms with van der Waals surface area (Å²) in [5.74, 6) is 0.510. The molecule has 21 heavy (non-hydrogen) atoms. The Hall–Kier alpha value is -2.43. The van der Waals surface area contributed by atoms with Gasteiger partial charge < -0.3 is 10.1 Å². The molecule has 1 N–H and O–H groups in total. The summed E-state index contributed by atoms with van der Waals surface area (Å²) in [7, 11) is 0. The van der Waals surface area contributed by atoms with Crippen molar-refractivity contribution < 1.29 is 9.53 Å². The fourth-order valence-electron chi connectivity index (χ4n) is 1.96. The van der Waals surface area contributed by atoms with Gasteiger partial charge in [0.15, 0.2) is 0 Å². The van der Waals surface area contributed by atoms with Gasteiger partial charge in [0.05, 0.1) is 5.69 Å². The zero-order valence-electron chi connectivity index (χ0n) is 12.5. The van der Waals surface area contributed by atoms with Crippen LogP contribution in [-0.2, 0) is 12.0 Å². The summed E-state index contributed by atoms with van der Waals surface area (Å²) in [6.45, 7) is 6.54. The van der Waals surface area contributed by atoms with E-state index in [9.17, 15) is 4.79 Å². The van der Waals surface area contributed by atoms with Gasteiger partial charge in [-0.3, -0.25) is 0 Å². The van der Waals surface area contributed by atoms with Crippen molar-refractivity contribution in [2.24, 2.45) is 0 Å².